The average molecular weight is 361 g/mol. The van der Waals surface area contributed by atoms with Crippen LogP contribution in [0, 0.1) is 22.7 Å². The predicted octanol–water partition coefficient (Wildman–Crippen LogP) is 4.35. The summed E-state index contributed by atoms with van der Waals surface area (Å²) >= 11 is 2.98. The Balaban J connectivity index is 2.29. The van der Waals surface area contributed by atoms with Crippen molar-refractivity contribution < 1.29 is 18.0 Å². The first-order chi connectivity index (χ1) is 9.68. The van der Waals surface area contributed by atoms with E-state index in [1.807, 2.05) is 13.0 Å². The smallest absolute Gasteiger partial charge is 0.324 e. The largest absolute Gasteiger partial charge is 0.418 e. The molecule has 1 aliphatic rings. The van der Waals surface area contributed by atoms with E-state index in [0.29, 0.717) is 12.8 Å². The number of carbonyl (C=O) groups excluding carboxylic acids is 1. The lowest BCUT2D eigenvalue weighted by Gasteiger charge is -2.39. The molecule has 0 radical (unpaired) electrons. The molecule has 0 spiro atoms. The van der Waals surface area contributed by atoms with Crippen molar-refractivity contribution in [1.82, 2.24) is 0 Å². The molecule has 1 aliphatic carbocycles. The minimum atomic E-state index is -4.58. The van der Waals surface area contributed by atoms with Crippen LogP contribution < -0.4 is 5.32 Å². The number of nitriles is 1. The van der Waals surface area contributed by atoms with Crippen LogP contribution in [-0.2, 0) is 11.0 Å². The van der Waals surface area contributed by atoms with Crippen LogP contribution in [-0.4, -0.2) is 5.91 Å². The normalized spacial score (nSPS) is 24.9. The highest BCUT2D eigenvalue weighted by molar-refractivity contribution is 9.10. The van der Waals surface area contributed by atoms with Gasteiger partial charge in [-0.2, -0.15) is 18.4 Å². The van der Waals surface area contributed by atoms with Crippen LogP contribution >= 0.6 is 15.9 Å². The van der Waals surface area contributed by atoms with Gasteiger partial charge in [0.2, 0.25) is 5.91 Å². The van der Waals surface area contributed by atoms with E-state index in [9.17, 15) is 18.0 Å². The highest BCUT2D eigenvalue weighted by Crippen LogP contribution is 2.46. The lowest BCUT2D eigenvalue weighted by atomic mass is 9.63. The Kier molecular flexibility index (Phi) is 4.02. The number of benzene rings is 1. The molecule has 1 fully saturated rings. The van der Waals surface area contributed by atoms with Crippen molar-refractivity contribution >= 4 is 27.5 Å². The van der Waals surface area contributed by atoms with Crippen LogP contribution in [0.5, 0.6) is 0 Å². The van der Waals surface area contributed by atoms with Gasteiger partial charge in [0.05, 0.1) is 17.3 Å². The maximum Gasteiger partial charge on any atom is 0.418 e. The van der Waals surface area contributed by atoms with Crippen molar-refractivity contribution in [2.45, 2.75) is 25.9 Å². The van der Waals surface area contributed by atoms with Crippen molar-refractivity contribution in [3.63, 3.8) is 0 Å². The third kappa shape index (κ3) is 3.05. The topological polar surface area (TPSA) is 52.9 Å². The summed E-state index contributed by atoms with van der Waals surface area (Å²) in [6.07, 6.45) is -3.85. The monoisotopic (exact) mass is 360 g/mol. The van der Waals surface area contributed by atoms with Gasteiger partial charge in [-0.05, 0) is 37.0 Å². The Bertz CT molecular complexity index is 616. The second-order valence-corrected chi connectivity index (χ2v) is 6.26. The van der Waals surface area contributed by atoms with Crippen LogP contribution in [0.3, 0.4) is 0 Å². The van der Waals surface area contributed by atoms with E-state index in [2.05, 4.69) is 21.2 Å². The number of alkyl halides is 3. The van der Waals surface area contributed by atoms with Crippen LogP contribution in [0.1, 0.15) is 25.3 Å². The molecule has 112 valence electrons. The zero-order chi connectivity index (χ0) is 15.8. The number of hydrogen-bond acceptors (Lipinski definition) is 2. The fourth-order valence-electron chi connectivity index (χ4n) is 2.56. The Labute approximate surface area is 128 Å². The Morgan fingerprint density at radius 1 is 1.48 bits per heavy atom. The summed E-state index contributed by atoms with van der Waals surface area (Å²) in [5, 5.41) is 11.4. The number of carbonyl (C=O) groups is 1. The molecule has 0 aliphatic heterocycles. The van der Waals surface area contributed by atoms with Crippen LogP contribution in [0.2, 0.25) is 0 Å². The molecule has 0 unspecified atom stereocenters. The minimum absolute atomic E-state index is 0.224. The van der Waals surface area contributed by atoms with Crippen molar-refractivity contribution in [2.75, 3.05) is 5.32 Å². The van der Waals surface area contributed by atoms with Gasteiger partial charge in [-0.1, -0.05) is 22.9 Å². The molecule has 0 aromatic heterocycles. The predicted molar refractivity (Wildman–Crippen MR) is 74.2 cm³/mol. The van der Waals surface area contributed by atoms with E-state index >= 15 is 0 Å². The summed E-state index contributed by atoms with van der Waals surface area (Å²) in [7, 11) is 0. The molecule has 1 amide bonds. The van der Waals surface area contributed by atoms with Gasteiger partial charge in [-0.3, -0.25) is 4.79 Å². The van der Waals surface area contributed by atoms with E-state index in [-0.39, 0.29) is 16.1 Å². The fraction of sp³-hybridized carbons (Fsp3) is 0.429. The number of nitrogens with one attached hydrogen (secondary N) is 1. The van der Waals surface area contributed by atoms with Gasteiger partial charge in [-0.15, -0.1) is 0 Å². The number of anilines is 1. The molecular formula is C14H12BrF3N2O. The molecule has 0 heterocycles. The second kappa shape index (κ2) is 5.34. The van der Waals surface area contributed by atoms with Gasteiger partial charge in [0.25, 0.3) is 0 Å². The molecule has 1 saturated carbocycles. The summed E-state index contributed by atoms with van der Waals surface area (Å²) in [5.41, 5.74) is -2.48. The summed E-state index contributed by atoms with van der Waals surface area (Å²) in [4.78, 5) is 12.1. The van der Waals surface area contributed by atoms with Gasteiger partial charge in [-0.25, -0.2) is 0 Å². The summed E-state index contributed by atoms with van der Waals surface area (Å²) < 4.78 is 39.2. The standard InChI is InChI=1S/C14H12BrF3N2O/c1-8-5-13(6-8,7-19)12(21)20-11-3-2-9(15)4-10(11)14(16,17)18/h2-4,8H,5-6H2,1H3,(H,20,21). The number of amides is 1. The maximum atomic E-state index is 13.0. The second-order valence-electron chi connectivity index (χ2n) is 5.35. The first kappa shape index (κ1) is 15.8. The molecule has 1 N–H and O–H groups in total. The Morgan fingerprint density at radius 2 is 2.10 bits per heavy atom. The molecule has 1 aromatic carbocycles. The van der Waals surface area contributed by atoms with Gasteiger partial charge in [0, 0.05) is 4.47 Å². The molecule has 1 aromatic rings. The molecule has 7 heteroatoms. The molecule has 0 saturated heterocycles. The molecule has 2 rings (SSSR count). The number of hydrogen-bond donors (Lipinski definition) is 1. The highest BCUT2D eigenvalue weighted by atomic mass is 79.9. The zero-order valence-corrected chi connectivity index (χ0v) is 12.7. The van der Waals surface area contributed by atoms with Crippen LogP contribution in [0.4, 0.5) is 18.9 Å². The fourth-order valence-corrected chi connectivity index (χ4v) is 2.92. The Hall–Kier alpha value is -1.55. The van der Waals surface area contributed by atoms with Crippen molar-refractivity contribution in [1.29, 1.82) is 5.26 Å². The molecule has 21 heavy (non-hydrogen) atoms. The van der Waals surface area contributed by atoms with E-state index in [1.54, 1.807) is 0 Å². The molecular weight excluding hydrogens is 349 g/mol. The minimum Gasteiger partial charge on any atom is -0.324 e. The van der Waals surface area contributed by atoms with Crippen LogP contribution in [0.15, 0.2) is 22.7 Å². The van der Waals surface area contributed by atoms with E-state index < -0.39 is 23.1 Å². The molecule has 0 atom stereocenters. The quantitative estimate of drug-likeness (QED) is 0.852. The zero-order valence-electron chi connectivity index (χ0n) is 11.1. The third-order valence-corrected chi connectivity index (χ3v) is 4.07. The summed E-state index contributed by atoms with van der Waals surface area (Å²) in [5.74, 6) is -0.446. The van der Waals surface area contributed by atoms with Crippen molar-refractivity contribution in [3.8, 4) is 6.07 Å². The van der Waals surface area contributed by atoms with Crippen LogP contribution in [0.25, 0.3) is 0 Å². The Morgan fingerprint density at radius 3 is 2.57 bits per heavy atom. The molecule has 3 nitrogen and oxygen atoms in total. The van der Waals surface area contributed by atoms with E-state index in [1.165, 1.54) is 12.1 Å². The van der Waals surface area contributed by atoms with Gasteiger partial charge < -0.3 is 5.32 Å². The lowest BCUT2D eigenvalue weighted by molar-refractivity contribution is -0.137. The molecule has 0 bridgehead atoms. The van der Waals surface area contributed by atoms with Crippen molar-refractivity contribution in [3.05, 3.63) is 28.2 Å². The van der Waals surface area contributed by atoms with Gasteiger partial charge in [0.15, 0.2) is 0 Å². The number of halogens is 4. The third-order valence-electron chi connectivity index (χ3n) is 3.58. The SMILES string of the molecule is CC1CC(C#N)(C(=O)Nc2ccc(Br)cc2C(F)(F)F)C1. The first-order valence-corrected chi connectivity index (χ1v) is 7.07. The van der Waals surface area contributed by atoms with E-state index in [0.717, 1.165) is 6.07 Å². The average Bonchev–Trinajstić information content (AvgIpc) is 2.35. The highest BCUT2D eigenvalue weighted by Gasteiger charge is 2.49. The summed E-state index contributed by atoms with van der Waals surface area (Å²) in [6, 6.07) is 5.42. The lowest BCUT2D eigenvalue weighted by Crippen LogP contribution is -2.45. The maximum absolute atomic E-state index is 13.0. The van der Waals surface area contributed by atoms with Gasteiger partial charge in [0.1, 0.15) is 5.41 Å². The van der Waals surface area contributed by atoms with E-state index in [4.69, 9.17) is 5.26 Å². The van der Waals surface area contributed by atoms with Crippen molar-refractivity contribution in [2.24, 2.45) is 11.3 Å². The van der Waals surface area contributed by atoms with Gasteiger partial charge >= 0.3 is 6.18 Å². The number of nitrogens with zero attached hydrogens (tertiary/aromatic N) is 1. The first-order valence-electron chi connectivity index (χ1n) is 6.27. The number of rotatable bonds is 2. The summed E-state index contributed by atoms with van der Waals surface area (Å²) in [6.45, 7) is 1.89.